The fourth-order valence-corrected chi connectivity index (χ4v) is 1.74. The topological polar surface area (TPSA) is 116 Å². The molecule has 1 aliphatic heterocycles. The largest absolute Gasteiger partial charge is 0.481 e. The minimum absolute atomic E-state index is 0.426. The van der Waals surface area contributed by atoms with Gasteiger partial charge in [0.05, 0.1) is 5.92 Å². The summed E-state index contributed by atoms with van der Waals surface area (Å²) in [5.41, 5.74) is -1.03. The second-order valence-electron chi connectivity index (χ2n) is 5.43. The number of rotatable bonds is 5. The number of imide groups is 1. The van der Waals surface area contributed by atoms with Gasteiger partial charge in [0.15, 0.2) is 0 Å². The summed E-state index contributed by atoms with van der Waals surface area (Å²) >= 11 is 0. The Kier molecular flexibility index (Phi) is 4.36. The minimum Gasteiger partial charge on any atom is -0.481 e. The first-order chi connectivity index (χ1) is 9.06. The van der Waals surface area contributed by atoms with E-state index in [-0.39, 0.29) is 0 Å². The van der Waals surface area contributed by atoms with Crippen molar-refractivity contribution in [1.29, 1.82) is 0 Å². The van der Waals surface area contributed by atoms with Crippen LogP contribution >= 0.6 is 0 Å². The third kappa shape index (κ3) is 3.25. The summed E-state index contributed by atoms with van der Waals surface area (Å²) in [6.07, 6.45) is 0. The van der Waals surface area contributed by atoms with Gasteiger partial charge in [-0.3, -0.25) is 19.3 Å². The smallest absolute Gasteiger partial charge is 0.325 e. The van der Waals surface area contributed by atoms with E-state index in [1.807, 2.05) is 0 Å². The van der Waals surface area contributed by atoms with E-state index in [1.54, 1.807) is 20.8 Å². The number of carboxylic acid groups (broad SMARTS) is 1. The maximum Gasteiger partial charge on any atom is 0.325 e. The van der Waals surface area contributed by atoms with Gasteiger partial charge < -0.3 is 15.7 Å². The third-order valence-electron chi connectivity index (χ3n) is 3.27. The molecule has 1 fully saturated rings. The number of nitrogens with one attached hydrogen (secondary N) is 2. The van der Waals surface area contributed by atoms with Crippen LogP contribution in [-0.2, 0) is 14.4 Å². The second kappa shape index (κ2) is 5.48. The van der Waals surface area contributed by atoms with Gasteiger partial charge in [-0.25, -0.2) is 4.79 Å². The number of hydrogen-bond donors (Lipinski definition) is 3. The highest BCUT2D eigenvalue weighted by atomic mass is 16.4. The van der Waals surface area contributed by atoms with E-state index >= 15 is 0 Å². The van der Waals surface area contributed by atoms with Gasteiger partial charge in [0.2, 0.25) is 5.91 Å². The highest BCUT2D eigenvalue weighted by Gasteiger charge is 2.44. The molecule has 0 aromatic rings. The van der Waals surface area contributed by atoms with Crippen molar-refractivity contribution in [3.05, 3.63) is 0 Å². The Labute approximate surface area is 116 Å². The fourth-order valence-electron chi connectivity index (χ4n) is 1.74. The van der Waals surface area contributed by atoms with Crippen LogP contribution < -0.4 is 10.6 Å². The first-order valence-corrected chi connectivity index (χ1v) is 6.22. The van der Waals surface area contributed by atoms with Crippen LogP contribution in [0.2, 0.25) is 0 Å². The molecule has 0 aromatic carbocycles. The second-order valence-corrected chi connectivity index (χ2v) is 5.43. The summed E-state index contributed by atoms with van der Waals surface area (Å²) in [6.45, 7) is 5.67. The van der Waals surface area contributed by atoms with Crippen LogP contribution in [0.1, 0.15) is 27.7 Å². The van der Waals surface area contributed by atoms with Gasteiger partial charge >= 0.3 is 12.0 Å². The molecule has 8 nitrogen and oxygen atoms in total. The summed E-state index contributed by atoms with van der Waals surface area (Å²) in [7, 11) is 0. The Morgan fingerprint density at radius 1 is 1.35 bits per heavy atom. The normalized spacial score (nSPS) is 20.3. The molecule has 1 rings (SSSR count). The highest BCUT2D eigenvalue weighted by molar-refractivity contribution is 6.08. The number of carbonyl (C=O) groups is 4. The lowest BCUT2D eigenvalue weighted by atomic mass is 10.0. The van der Waals surface area contributed by atoms with E-state index in [9.17, 15) is 19.2 Å². The zero-order chi connectivity index (χ0) is 15.7. The first kappa shape index (κ1) is 15.9. The SMILES string of the molecule is CC(NC(=O)CN1C(=O)NC(C)(C)C1=O)C(C)C(=O)O. The Hall–Kier alpha value is -2.12. The van der Waals surface area contributed by atoms with Crippen LogP contribution in [0.5, 0.6) is 0 Å². The maximum absolute atomic E-state index is 11.9. The van der Waals surface area contributed by atoms with E-state index in [2.05, 4.69) is 10.6 Å². The lowest BCUT2D eigenvalue weighted by Gasteiger charge is -2.20. The molecular formula is C12H19N3O5. The van der Waals surface area contributed by atoms with Crippen LogP contribution in [0.3, 0.4) is 0 Å². The number of urea groups is 1. The van der Waals surface area contributed by atoms with E-state index in [1.165, 1.54) is 6.92 Å². The predicted octanol–water partition coefficient (Wildman–Crippen LogP) is -0.458. The van der Waals surface area contributed by atoms with Crippen LogP contribution in [-0.4, -0.2) is 51.9 Å². The van der Waals surface area contributed by atoms with Gasteiger partial charge in [-0.1, -0.05) is 0 Å². The third-order valence-corrected chi connectivity index (χ3v) is 3.27. The molecule has 4 amide bonds. The standard InChI is InChI=1S/C12H19N3O5/c1-6(9(17)18)7(2)13-8(16)5-15-10(19)12(3,4)14-11(15)20/h6-7H,5H2,1-4H3,(H,13,16)(H,14,20)(H,17,18). The van der Waals surface area contributed by atoms with Crippen molar-refractivity contribution < 1.29 is 24.3 Å². The molecule has 0 bridgehead atoms. The lowest BCUT2D eigenvalue weighted by molar-refractivity contribution is -0.142. The summed E-state index contributed by atoms with van der Waals surface area (Å²) < 4.78 is 0. The quantitative estimate of drug-likeness (QED) is 0.591. The van der Waals surface area contributed by atoms with E-state index in [0.29, 0.717) is 0 Å². The van der Waals surface area contributed by atoms with Gasteiger partial charge in [0, 0.05) is 6.04 Å². The average Bonchev–Trinajstić information content (AvgIpc) is 2.50. The summed E-state index contributed by atoms with van der Waals surface area (Å²) in [6, 6.07) is -1.23. The maximum atomic E-state index is 11.9. The summed E-state index contributed by atoms with van der Waals surface area (Å²) in [5, 5.41) is 13.7. The average molecular weight is 285 g/mol. The molecule has 2 unspecified atom stereocenters. The molecule has 0 aliphatic carbocycles. The molecular weight excluding hydrogens is 266 g/mol. The Morgan fingerprint density at radius 2 is 1.90 bits per heavy atom. The number of nitrogens with zero attached hydrogens (tertiary/aromatic N) is 1. The first-order valence-electron chi connectivity index (χ1n) is 6.22. The molecule has 0 saturated carbocycles. The van der Waals surface area contributed by atoms with Crippen molar-refractivity contribution >= 4 is 23.8 Å². The van der Waals surface area contributed by atoms with Gasteiger partial charge in [0.25, 0.3) is 5.91 Å². The number of carbonyl (C=O) groups excluding carboxylic acids is 3. The van der Waals surface area contributed by atoms with Crippen molar-refractivity contribution in [2.45, 2.75) is 39.3 Å². The fraction of sp³-hybridized carbons (Fsp3) is 0.667. The molecule has 0 spiro atoms. The lowest BCUT2D eigenvalue weighted by Crippen LogP contribution is -2.47. The Morgan fingerprint density at radius 3 is 2.30 bits per heavy atom. The van der Waals surface area contributed by atoms with Crippen molar-refractivity contribution in [2.24, 2.45) is 5.92 Å². The van der Waals surface area contributed by atoms with E-state index < -0.39 is 47.9 Å². The van der Waals surface area contributed by atoms with Crippen molar-refractivity contribution in [3.63, 3.8) is 0 Å². The molecule has 0 aromatic heterocycles. The predicted molar refractivity (Wildman–Crippen MR) is 68.7 cm³/mol. The highest BCUT2D eigenvalue weighted by Crippen LogP contribution is 2.16. The molecule has 20 heavy (non-hydrogen) atoms. The Bertz CT molecular complexity index is 460. The molecule has 8 heteroatoms. The van der Waals surface area contributed by atoms with Crippen molar-refractivity contribution in [3.8, 4) is 0 Å². The van der Waals surface area contributed by atoms with E-state index in [0.717, 1.165) is 4.90 Å². The molecule has 3 N–H and O–H groups in total. The van der Waals surface area contributed by atoms with Gasteiger partial charge in [0.1, 0.15) is 12.1 Å². The number of carboxylic acids is 1. The summed E-state index contributed by atoms with van der Waals surface area (Å²) in [4.78, 5) is 46.8. The van der Waals surface area contributed by atoms with Gasteiger partial charge in [-0.2, -0.15) is 0 Å². The summed E-state index contributed by atoms with van der Waals surface area (Å²) in [5.74, 6) is -2.86. The number of hydrogen-bond acceptors (Lipinski definition) is 4. The molecule has 1 heterocycles. The minimum atomic E-state index is -1.03. The Balaban J connectivity index is 2.62. The van der Waals surface area contributed by atoms with Gasteiger partial charge in [-0.15, -0.1) is 0 Å². The van der Waals surface area contributed by atoms with Gasteiger partial charge in [-0.05, 0) is 27.7 Å². The van der Waals surface area contributed by atoms with Crippen molar-refractivity contribution in [1.82, 2.24) is 15.5 Å². The monoisotopic (exact) mass is 285 g/mol. The van der Waals surface area contributed by atoms with Crippen LogP contribution in [0, 0.1) is 5.92 Å². The molecule has 112 valence electrons. The van der Waals surface area contributed by atoms with E-state index in [4.69, 9.17) is 5.11 Å². The van der Waals surface area contributed by atoms with Crippen LogP contribution in [0.4, 0.5) is 4.79 Å². The number of aliphatic carboxylic acids is 1. The molecule has 1 saturated heterocycles. The molecule has 2 atom stereocenters. The molecule has 0 radical (unpaired) electrons. The van der Waals surface area contributed by atoms with Crippen molar-refractivity contribution in [2.75, 3.05) is 6.54 Å². The zero-order valence-electron chi connectivity index (χ0n) is 11.9. The van der Waals surface area contributed by atoms with Crippen LogP contribution in [0.25, 0.3) is 0 Å². The zero-order valence-corrected chi connectivity index (χ0v) is 11.9. The van der Waals surface area contributed by atoms with Crippen LogP contribution in [0.15, 0.2) is 0 Å². The molecule has 1 aliphatic rings. The number of amides is 4.